The molecule has 1 saturated heterocycles. The number of alkyl halides is 3. The van der Waals surface area contributed by atoms with Gasteiger partial charge < -0.3 is 14.5 Å². The average molecular weight is 502 g/mol. The Balaban J connectivity index is 1.82. The number of hydrogen-bond acceptors (Lipinski definition) is 6. The minimum atomic E-state index is -4.63. The van der Waals surface area contributed by atoms with E-state index in [0.29, 0.717) is 29.4 Å². The van der Waals surface area contributed by atoms with Crippen LogP contribution in [0.2, 0.25) is 5.02 Å². The maximum absolute atomic E-state index is 13.1. The molecule has 1 aliphatic heterocycles. The van der Waals surface area contributed by atoms with Crippen molar-refractivity contribution in [2.24, 2.45) is 0 Å². The molecule has 1 fully saturated rings. The zero-order chi connectivity index (χ0) is 24.4. The van der Waals surface area contributed by atoms with E-state index in [1.807, 2.05) is 4.90 Å². The number of piperazine rings is 1. The van der Waals surface area contributed by atoms with Gasteiger partial charge in [-0.2, -0.15) is 18.4 Å². The number of anilines is 1. The Bertz CT molecular complexity index is 1200. The number of nitriles is 1. The first-order chi connectivity index (χ1) is 15.4. The van der Waals surface area contributed by atoms with E-state index in [-0.39, 0.29) is 29.3 Å². The number of carbonyl (C=O) groups excluding carboxylic acids is 1. The highest BCUT2D eigenvalue weighted by Crippen LogP contribution is 2.28. The topological polar surface area (TPSA) is 90.7 Å². The number of amides is 1. The molecule has 0 N–H and O–H groups in total. The molecule has 2 aromatic rings. The molecule has 12 heteroatoms. The lowest BCUT2D eigenvalue weighted by atomic mass is 10.1. The van der Waals surface area contributed by atoms with Crippen LogP contribution >= 0.6 is 11.6 Å². The fourth-order valence-electron chi connectivity index (χ4n) is 3.39. The van der Waals surface area contributed by atoms with Crippen LogP contribution in [0, 0.1) is 11.3 Å². The van der Waals surface area contributed by atoms with Crippen molar-refractivity contribution in [3.63, 3.8) is 0 Å². The summed E-state index contributed by atoms with van der Waals surface area (Å²) >= 11 is 5.93. The van der Waals surface area contributed by atoms with E-state index < -0.39 is 28.5 Å². The number of ether oxygens (including phenoxy) is 1. The van der Waals surface area contributed by atoms with Crippen molar-refractivity contribution in [3.8, 4) is 11.8 Å². The van der Waals surface area contributed by atoms with Crippen LogP contribution in [0.15, 0.2) is 41.3 Å². The molecule has 1 heterocycles. The summed E-state index contributed by atoms with van der Waals surface area (Å²) in [6, 6.07) is 10.1. The molecule has 0 atom stereocenters. The molecule has 3 rings (SSSR count). The van der Waals surface area contributed by atoms with E-state index in [0.717, 1.165) is 24.5 Å². The van der Waals surface area contributed by atoms with Gasteiger partial charge >= 0.3 is 6.18 Å². The van der Waals surface area contributed by atoms with Crippen LogP contribution in [0.3, 0.4) is 0 Å². The Morgan fingerprint density at radius 2 is 1.82 bits per heavy atom. The summed E-state index contributed by atoms with van der Waals surface area (Å²) in [6.07, 6.45) is -3.69. The summed E-state index contributed by atoms with van der Waals surface area (Å²) in [6.45, 7) is -0.506. The fourth-order valence-corrected chi connectivity index (χ4v) is 4.21. The van der Waals surface area contributed by atoms with Crippen molar-refractivity contribution in [2.75, 3.05) is 43.9 Å². The average Bonchev–Trinajstić information content (AvgIpc) is 2.76. The molecule has 7 nitrogen and oxygen atoms in total. The van der Waals surface area contributed by atoms with Crippen LogP contribution in [0.5, 0.6) is 5.75 Å². The van der Waals surface area contributed by atoms with Crippen LogP contribution in [-0.4, -0.2) is 64.4 Å². The molecule has 0 spiro atoms. The number of halogens is 4. The lowest BCUT2D eigenvalue weighted by Crippen LogP contribution is -2.49. The van der Waals surface area contributed by atoms with Gasteiger partial charge in [0, 0.05) is 37.5 Å². The Labute approximate surface area is 193 Å². The minimum absolute atomic E-state index is 0.203. The third-order valence-corrected chi connectivity index (χ3v) is 6.33. The highest BCUT2D eigenvalue weighted by molar-refractivity contribution is 7.90. The van der Waals surface area contributed by atoms with E-state index in [1.54, 1.807) is 12.1 Å². The summed E-state index contributed by atoms with van der Waals surface area (Å²) in [7, 11) is -3.70. The maximum Gasteiger partial charge on any atom is 0.422 e. The predicted molar refractivity (Wildman–Crippen MR) is 115 cm³/mol. The van der Waals surface area contributed by atoms with Gasteiger partial charge in [-0.1, -0.05) is 11.6 Å². The highest BCUT2D eigenvalue weighted by Gasteiger charge is 2.31. The first kappa shape index (κ1) is 24.7. The Morgan fingerprint density at radius 3 is 2.39 bits per heavy atom. The van der Waals surface area contributed by atoms with Crippen molar-refractivity contribution < 1.29 is 31.1 Å². The smallest absolute Gasteiger partial charge is 0.422 e. The van der Waals surface area contributed by atoms with Crippen LogP contribution in [0.25, 0.3) is 0 Å². The third-order valence-electron chi connectivity index (χ3n) is 4.99. The van der Waals surface area contributed by atoms with Gasteiger partial charge in [0.15, 0.2) is 16.4 Å². The fraction of sp³-hybridized carbons (Fsp3) is 0.333. The number of sulfone groups is 1. The van der Waals surface area contributed by atoms with Crippen LogP contribution in [0.4, 0.5) is 18.9 Å². The summed E-state index contributed by atoms with van der Waals surface area (Å²) < 4.78 is 66.5. The second-order valence-electron chi connectivity index (χ2n) is 7.39. The van der Waals surface area contributed by atoms with Gasteiger partial charge in [-0.3, -0.25) is 4.79 Å². The molecule has 0 saturated carbocycles. The van der Waals surface area contributed by atoms with Gasteiger partial charge in [-0.15, -0.1) is 0 Å². The maximum atomic E-state index is 13.1. The summed E-state index contributed by atoms with van der Waals surface area (Å²) in [5.74, 6) is -0.995. The van der Waals surface area contributed by atoms with Crippen molar-refractivity contribution in [1.82, 2.24) is 4.90 Å². The Hall–Kier alpha value is -2.97. The third kappa shape index (κ3) is 6.09. The zero-order valence-corrected chi connectivity index (χ0v) is 19.0. The Morgan fingerprint density at radius 1 is 1.15 bits per heavy atom. The summed E-state index contributed by atoms with van der Waals surface area (Å²) in [4.78, 5) is 16.2. The monoisotopic (exact) mass is 501 g/mol. The number of hydrogen-bond donors (Lipinski definition) is 0. The van der Waals surface area contributed by atoms with Crippen LogP contribution in [0.1, 0.15) is 15.9 Å². The van der Waals surface area contributed by atoms with Crippen molar-refractivity contribution in [2.45, 2.75) is 11.1 Å². The lowest BCUT2D eigenvalue weighted by molar-refractivity contribution is -0.153. The van der Waals surface area contributed by atoms with Gasteiger partial charge in [0.2, 0.25) is 0 Å². The second-order valence-corrected chi connectivity index (χ2v) is 9.84. The second kappa shape index (κ2) is 9.49. The number of benzene rings is 2. The standard InChI is InChI=1S/C21H19ClF3N3O4S/c1-33(30,31)16-3-5-19(32-13-21(23,24)25)17(11-16)20(29)28-8-6-27(7-9-28)18-4-2-15(22)10-14(18)12-26/h2-5,10-11H,6-9,13H2,1H3. The van der Waals surface area contributed by atoms with Gasteiger partial charge in [0.25, 0.3) is 5.91 Å². The van der Waals surface area contributed by atoms with Gasteiger partial charge in [-0.05, 0) is 36.4 Å². The van der Waals surface area contributed by atoms with E-state index in [2.05, 4.69) is 6.07 Å². The van der Waals surface area contributed by atoms with Crippen LogP contribution in [-0.2, 0) is 9.84 Å². The predicted octanol–water partition coefficient (Wildman–Crippen LogP) is 3.52. The van der Waals surface area contributed by atoms with Gasteiger partial charge in [0.1, 0.15) is 11.8 Å². The molecule has 176 valence electrons. The van der Waals surface area contributed by atoms with E-state index >= 15 is 0 Å². The molecule has 0 radical (unpaired) electrons. The van der Waals surface area contributed by atoms with Gasteiger partial charge in [-0.25, -0.2) is 8.42 Å². The molecular formula is C21H19ClF3N3O4S. The Kier molecular flexibility index (Phi) is 7.09. The molecule has 0 unspecified atom stereocenters. The van der Waals surface area contributed by atoms with Crippen molar-refractivity contribution >= 4 is 33.0 Å². The molecule has 0 bridgehead atoms. The molecule has 1 amide bonds. The first-order valence-corrected chi connectivity index (χ1v) is 11.9. The number of rotatable bonds is 5. The highest BCUT2D eigenvalue weighted by atomic mass is 35.5. The van der Waals surface area contributed by atoms with Crippen molar-refractivity contribution in [3.05, 3.63) is 52.5 Å². The number of carbonyl (C=O) groups is 1. The molecule has 0 aliphatic carbocycles. The van der Waals surface area contributed by atoms with E-state index in [4.69, 9.17) is 16.3 Å². The summed E-state index contributed by atoms with van der Waals surface area (Å²) in [5.41, 5.74) is 0.771. The van der Waals surface area contributed by atoms with E-state index in [9.17, 15) is 31.6 Å². The molecular weight excluding hydrogens is 483 g/mol. The first-order valence-electron chi connectivity index (χ1n) is 9.66. The normalized spacial score (nSPS) is 14.7. The largest absolute Gasteiger partial charge is 0.483 e. The summed E-state index contributed by atoms with van der Waals surface area (Å²) in [5, 5.41) is 9.77. The number of nitrogens with zero attached hydrogens (tertiary/aromatic N) is 3. The molecule has 2 aromatic carbocycles. The molecule has 33 heavy (non-hydrogen) atoms. The van der Waals surface area contributed by atoms with E-state index in [1.165, 1.54) is 11.0 Å². The minimum Gasteiger partial charge on any atom is -0.483 e. The quantitative estimate of drug-likeness (QED) is 0.622. The lowest BCUT2D eigenvalue weighted by Gasteiger charge is -2.36. The van der Waals surface area contributed by atoms with Crippen molar-refractivity contribution in [1.29, 1.82) is 5.26 Å². The van der Waals surface area contributed by atoms with Crippen LogP contribution < -0.4 is 9.64 Å². The van der Waals surface area contributed by atoms with Gasteiger partial charge in [0.05, 0.1) is 21.7 Å². The molecule has 1 aliphatic rings. The molecule has 0 aromatic heterocycles. The zero-order valence-electron chi connectivity index (χ0n) is 17.4. The SMILES string of the molecule is CS(=O)(=O)c1ccc(OCC(F)(F)F)c(C(=O)N2CCN(c3ccc(Cl)cc3C#N)CC2)c1.